The minimum absolute atomic E-state index is 0.0149. The first-order valence-electron chi connectivity index (χ1n) is 7.89. The Labute approximate surface area is 138 Å². The highest BCUT2D eigenvalue weighted by Crippen LogP contribution is 2.10. The van der Waals surface area contributed by atoms with Gasteiger partial charge in [0.2, 0.25) is 5.91 Å². The van der Waals surface area contributed by atoms with Crippen LogP contribution in [-0.2, 0) is 9.59 Å². The summed E-state index contributed by atoms with van der Waals surface area (Å²) in [7, 11) is 2.02. The average molecular weight is 321 g/mol. The fourth-order valence-electron chi connectivity index (χ4n) is 2.19. The smallest absolute Gasteiger partial charge is 0.317 e. The second-order valence-electron chi connectivity index (χ2n) is 5.85. The van der Waals surface area contributed by atoms with E-state index in [-0.39, 0.29) is 25.0 Å². The summed E-state index contributed by atoms with van der Waals surface area (Å²) < 4.78 is 0. The van der Waals surface area contributed by atoms with Gasteiger partial charge >= 0.3 is 5.97 Å². The van der Waals surface area contributed by atoms with Gasteiger partial charge in [-0.2, -0.15) is 0 Å². The van der Waals surface area contributed by atoms with Crippen LogP contribution in [-0.4, -0.2) is 61.2 Å². The molecule has 0 spiro atoms. The lowest BCUT2D eigenvalue weighted by Crippen LogP contribution is -2.43. The Morgan fingerprint density at radius 3 is 2.39 bits per heavy atom. The number of benzene rings is 1. The first-order valence-corrected chi connectivity index (χ1v) is 7.89. The number of hydrogen-bond acceptors (Lipinski definition) is 4. The van der Waals surface area contributed by atoms with Crippen molar-refractivity contribution in [2.45, 2.75) is 26.3 Å². The number of nitrogens with zero attached hydrogens (tertiary/aromatic N) is 2. The standard InChI is InChI=1S/C17H27N3O3/c1-14(2)20(13-17(22)23)12-16(21)18-10-7-11-19(3)15-8-5-4-6-9-15/h4-6,8-9,14H,7,10-13H2,1-3H3,(H,18,21)(H,22,23). The molecule has 0 fully saturated rings. The number of aliphatic carboxylic acids is 1. The second kappa shape index (κ2) is 9.84. The van der Waals surface area contributed by atoms with Gasteiger partial charge in [-0.3, -0.25) is 14.5 Å². The maximum atomic E-state index is 11.9. The van der Waals surface area contributed by atoms with E-state index in [1.54, 1.807) is 4.90 Å². The molecule has 6 nitrogen and oxygen atoms in total. The van der Waals surface area contributed by atoms with Gasteiger partial charge < -0.3 is 15.3 Å². The number of nitrogens with one attached hydrogen (secondary N) is 1. The molecule has 0 saturated carbocycles. The Kier molecular flexibility index (Phi) is 8.11. The van der Waals surface area contributed by atoms with Gasteiger partial charge in [-0.15, -0.1) is 0 Å². The molecule has 0 aliphatic rings. The minimum atomic E-state index is -0.920. The van der Waals surface area contributed by atoms with E-state index < -0.39 is 5.97 Å². The van der Waals surface area contributed by atoms with Crippen LogP contribution in [0.3, 0.4) is 0 Å². The molecule has 128 valence electrons. The van der Waals surface area contributed by atoms with Crippen molar-refractivity contribution < 1.29 is 14.7 Å². The summed E-state index contributed by atoms with van der Waals surface area (Å²) >= 11 is 0. The Hall–Kier alpha value is -2.08. The lowest BCUT2D eigenvalue weighted by Gasteiger charge is -2.24. The largest absolute Gasteiger partial charge is 0.480 e. The van der Waals surface area contributed by atoms with E-state index in [0.717, 1.165) is 18.7 Å². The molecule has 0 atom stereocenters. The summed E-state index contributed by atoms with van der Waals surface area (Å²) in [6.45, 7) is 5.17. The SMILES string of the molecule is CC(C)N(CC(=O)O)CC(=O)NCCCN(C)c1ccccc1. The van der Waals surface area contributed by atoms with Crippen molar-refractivity contribution in [2.75, 3.05) is 38.1 Å². The Morgan fingerprint density at radius 1 is 1.17 bits per heavy atom. The van der Waals surface area contributed by atoms with Gasteiger partial charge in [-0.1, -0.05) is 18.2 Å². The van der Waals surface area contributed by atoms with E-state index in [0.29, 0.717) is 6.54 Å². The maximum absolute atomic E-state index is 11.9. The zero-order valence-electron chi connectivity index (χ0n) is 14.2. The van der Waals surface area contributed by atoms with E-state index >= 15 is 0 Å². The molecule has 1 aromatic rings. The monoisotopic (exact) mass is 321 g/mol. The number of anilines is 1. The van der Waals surface area contributed by atoms with Crippen LogP contribution in [0, 0.1) is 0 Å². The second-order valence-corrected chi connectivity index (χ2v) is 5.85. The Morgan fingerprint density at radius 2 is 1.83 bits per heavy atom. The molecule has 1 amide bonds. The van der Waals surface area contributed by atoms with Gasteiger partial charge in [0.1, 0.15) is 0 Å². The third kappa shape index (κ3) is 7.65. The topological polar surface area (TPSA) is 72.9 Å². The third-order valence-corrected chi connectivity index (χ3v) is 3.60. The van der Waals surface area contributed by atoms with Crippen LogP contribution in [0.5, 0.6) is 0 Å². The number of amides is 1. The molecule has 0 unspecified atom stereocenters. The molecule has 6 heteroatoms. The quantitative estimate of drug-likeness (QED) is 0.638. The van der Waals surface area contributed by atoms with Crippen molar-refractivity contribution in [1.29, 1.82) is 0 Å². The normalized spacial score (nSPS) is 10.8. The van der Waals surface area contributed by atoms with Gasteiger partial charge in [-0.05, 0) is 32.4 Å². The summed E-state index contributed by atoms with van der Waals surface area (Å²) in [5, 5.41) is 11.7. The predicted octanol–water partition coefficient (Wildman–Crippen LogP) is 1.42. The number of carboxylic acids is 1. The van der Waals surface area contributed by atoms with E-state index in [1.807, 2.05) is 51.2 Å². The highest BCUT2D eigenvalue weighted by molar-refractivity contribution is 5.79. The molecule has 0 saturated heterocycles. The summed E-state index contributed by atoms with van der Waals surface area (Å²) in [4.78, 5) is 26.5. The van der Waals surface area contributed by atoms with E-state index in [4.69, 9.17) is 5.11 Å². The van der Waals surface area contributed by atoms with Crippen molar-refractivity contribution in [3.8, 4) is 0 Å². The molecule has 0 aliphatic carbocycles. The van der Waals surface area contributed by atoms with Crippen molar-refractivity contribution in [3.05, 3.63) is 30.3 Å². The van der Waals surface area contributed by atoms with E-state index in [2.05, 4.69) is 10.2 Å². The lowest BCUT2D eigenvalue weighted by molar-refractivity contribution is -0.139. The zero-order valence-corrected chi connectivity index (χ0v) is 14.2. The molecule has 0 bridgehead atoms. The number of para-hydroxylation sites is 1. The minimum Gasteiger partial charge on any atom is -0.480 e. The van der Waals surface area contributed by atoms with E-state index in [1.165, 1.54) is 0 Å². The van der Waals surface area contributed by atoms with Crippen LogP contribution in [0.4, 0.5) is 5.69 Å². The Bertz CT molecular complexity index is 491. The zero-order chi connectivity index (χ0) is 17.2. The molecule has 0 aliphatic heterocycles. The molecular weight excluding hydrogens is 294 g/mol. The Balaban J connectivity index is 2.26. The van der Waals surface area contributed by atoms with E-state index in [9.17, 15) is 9.59 Å². The predicted molar refractivity (Wildman–Crippen MR) is 91.7 cm³/mol. The first-order chi connectivity index (χ1) is 10.9. The molecule has 0 aromatic heterocycles. The summed E-state index contributed by atoms with van der Waals surface area (Å²) in [6.07, 6.45) is 0.831. The molecular formula is C17H27N3O3. The number of rotatable bonds is 10. The fraction of sp³-hybridized carbons (Fsp3) is 0.529. The molecule has 23 heavy (non-hydrogen) atoms. The molecule has 0 heterocycles. The van der Waals surface area contributed by atoms with Crippen molar-refractivity contribution >= 4 is 17.6 Å². The van der Waals surface area contributed by atoms with Crippen LogP contribution < -0.4 is 10.2 Å². The van der Waals surface area contributed by atoms with Crippen LogP contribution >= 0.6 is 0 Å². The molecule has 0 radical (unpaired) electrons. The summed E-state index contributed by atoms with van der Waals surface area (Å²) in [5.74, 6) is -1.06. The van der Waals surface area contributed by atoms with Crippen LogP contribution in [0.1, 0.15) is 20.3 Å². The van der Waals surface area contributed by atoms with Crippen LogP contribution in [0.25, 0.3) is 0 Å². The van der Waals surface area contributed by atoms with Crippen molar-refractivity contribution in [1.82, 2.24) is 10.2 Å². The molecule has 1 rings (SSSR count). The summed E-state index contributed by atoms with van der Waals surface area (Å²) in [6, 6.07) is 10.1. The highest BCUT2D eigenvalue weighted by Gasteiger charge is 2.16. The number of carboxylic acid groups (broad SMARTS) is 1. The first kappa shape index (κ1) is 19.0. The van der Waals surface area contributed by atoms with Gasteiger partial charge in [0.25, 0.3) is 0 Å². The van der Waals surface area contributed by atoms with Crippen molar-refractivity contribution in [3.63, 3.8) is 0 Å². The van der Waals surface area contributed by atoms with Gasteiger partial charge in [-0.25, -0.2) is 0 Å². The third-order valence-electron chi connectivity index (χ3n) is 3.60. The average Bonchev–Trinajstić information content (AvgIpc) is 2.51. The highest BCUT2D eigenvalue weighted by atomic mass is 16.4. The lowest BCUT2D eigenvalue weighted by atomic mass is 10.3. The number of carbonyl (C=O) groups excluding carboxylic acids is 1. The molecule has 1 aromatic carbocycles. The van der Waals surface area contributed by atoms with Gasteiger partial charge in [0.05, 0.1) is 13.1 Å². The number of carbonyl (C=O) groups is 2. The maximum Gasteiger partial charge on any atom is 0.317 e. The van der Waals surface area contributed by atoms with Gasteiger partial charge in [0.15, 0.2) is 0 Å². The van der Waals surface area contributed by atoms with Gasteiger partial charge in [0, 0.05) is 31.9 Å². The van der Waals surface area contributed by atoms with Crippen LogP contribution in [0.15, 0.2) is 30.3 Å². The number of hydrogen-bond donors (Lipinski definition) is 2. The van der Waals surface area contributed by atoms with Crippen molar-refractivity contribution in [2.24, 2.45) is 0 Å². The van der Waals surface area contributed by atoms with Crippen LogP contribution in [0.2, 0.25) is 0 Å². The molecule has 2 N–H and O–H groups in total. The fourth-order valence-corrected chi connectivity index (χ4v) is 2.19. The summed E-state index contributed by atoms with van der Waals surface area (Å²) in [5.41, 5.74) is 1.14.